The average molecular weight is 268 g/mol. The number of likely N-dealkylation sites (tertiary alicyclic amines) is 1. The topological polar surface area (TPSA) is 62.7 Å². The zero-order chi connectivity index (χ0) is 14.0. The third-order valence-electron chi connectivity index (χ3n) is 3.35. The van der Waals surface area contributed by atoms with Gasteiger partial charge < -0.3 is 9.84 Å². The van der Waals surface area contributed by atoms with Gasteiger partial charge in [-0.05, 0) is 26.0 Å². The van der Waals surface area contributed by atoms with E-state index in [1.807, 2.05) is 13.8 Å². The summed E-state index contributed by atoms with van der Waals surface area (Å²) in [6.45, 7) is 4.86. The van der Waals surface area contributed by atoms with Gasteiger partial charge in [-0.3, -0.25) is 9.88 Å². The molecule has 0 amide bonds. The van der Waals surface area contributed by atoms with Crippen molar-refractivity contribution in [3.63, 3.8) is 0 Å². The van der Waals surface area contributed by atoms with Crippen molar-refractivity contribution in [1.82, 2.24) is 9.88 Å². The summed E-state index contributed by atoms with van der Waals surface area (Å²) in [5.74, 6) is -1.32. The first-order chi connectivity index (χ1) is 8.89. The highest BCUT2D eigenvalue weighted by Crippen LogP contribution is 2.32. The highest BCUT2D eigenvalue weighted by Gasteiger charge is 2.42. The molecule has 1 aliphatic rings. The third kappa shape index (κ3) is 3.27. The number of hydrogen-bond acceptors (Lipinski definition) is 4. The van der Waals surface area contributed by atoms with Gasteiger partial charge in [-0.15, -0.1) is 0 Å². The SMILES string of the molecule is CC(c1ccc(F)cn1)N1CC(C)(OCC(=O)O)C1. The van der Waals surface area contributed by atoms with Crippen molar-refractivity contribution in [2.75, 3.05) is 19.7 Å². The van der Waals surface area contributed by atoms with Crippen molar-refractivity contribution in [2.45, 2.75) is 25.5 Å². The summed E-state index contributed by atoms with van der Waals surface area (Å²) in [4.78, 5) is 16.6. The molecule has 2 rings (SSSR count). The zero-order valence-electron chi connectivity index (χ0n) is 11.0. The van der Waals surface area contributed by atoms with Crippen LogP contribution in [0, 0.1) is 5.82 Å². The number of aliphatic carboxylic acids is 1. The molecule has 104 valence electrons. The summed E-state index contributed by atoms with van der Waals surface area (Å²) in [7, 11) is 0. The van der Waals surface area contributed by atoms with Gasteiger partial charge in [0, 0.05) is 19.1 Å². The third-order valence-corrected chi connectivity index (χ3v) is 3.35. The molecule has 0 radical (unpaired) electrons. The van der Waals surface area contributed by atoms with Crippen molar-refractivity contribution in [2.24, 2.45) is 0 Å². The van der Waals surface area contributed by atoms with E-state index in [-0.39, 0.29) is 18.5 Å². The van der Waals surface area contributed by atoms with E-state index in [4.69, 9.17) is 9.84 Å². The standard InChI is InChI=1S/C13H17FN2O3/c1-9(11-4-3-10(14)5-15-11)16-7-13(2,8-16)19-6-12(17)18/h3-5,9H,6-8H2,1-2H3,(H,17,18). The molecular formula is C13H17FN2O3. The number of carboxylic acid groups (broad SMARTS) is 1. The lowest BCUT2D eigenvalue weighted by molar-refractivity contribution is -0.169. The minimum absolute atomic E-state index is 0.0575. The van der Waals surface area contributed by atoms with Crippen molar-refractivity contribution in [3.05, 3.63) is 29.8 Å². The van der Waals surface area contributed by atoms with Crippen molar-refractivity contribution < 1.29 is 19.0 Å². The largest absolute Gasteiger partial charge is 0.480 e. The fraction of sp³-hybridized carbons (Fsp3) is 0.538. The van der Waals surface area contributed by atoms with Crippen LogP contribution in [0.25, 0.3) is 0 Å². The van der Waals surface area contributed by atoms with E-state index < -0.39 is 11.6 Å². The smallest absolute Gasteiger partial charge is 0.329 e. The van der Waals surface area contributed by atoms with E-state index in [0.717, 1.165) is 5.69 Å². The molecule has 1 aromatic heterocycles. The van der Waals surface area contributed by atoms with Crippen LogP contribution in [0.4, 0.5) is 4.39 Å². The van der Waals surface area contributed by atoms with Gasteiger partial charge in [-0.2, -0.15) is 0 Å². The summed E-state index contributed by atoms with van der Waals surface area (Å²) >= 11 is 0. The summed E-state index contributed by atoms with van der Waals surface area (Å²) in [6, 6.07) is 3.11. The molecule has 0 saturated carbocycles. The van der Waals surface area contributed by atoms with Crippen molar-refractivity contribution in [3.8, 4) is 0 Å². The molecule has 19 heavy (non-hydrogen) atoms. The van der Waals surface area contributed by atoms with Gasteiger partial charge in [0.05, 0.1) is 17.5 Å². The molecule has 1 aromatic rings. The number of carbonyl (C=O) groups is 1. The molecule has 1 fully saturated rings. The van der Waals surface area contributed by atoms with E-state index in [9.17, 15) is 9.18 Å². The summed E-state index contributed by atoms with van der Waals surface area (Å²) < 4.78 is 18.1. The van der Waals surface area contributed by atoms with Crippen molar-refractivity contribution >= 4 is 5.97 Å². The van der Waals surface area contributed by atoms with E-state index in [1.165, 1.54) is 12.3 Å². The molecule has 0 aliphatic carbocycles. The fourth-order valence-corrected chi connectivity index (χ4v) is 2.24. The van der Waals surface area contributed by atoms with Gasteiger partial charge in [-0.1, -0.05) is 0 Å². The molecule has 6 heteroatoms. The number of carboxylic acids is 1. The Kier molecular flexibility index (Phi) is 3.82. The maximum Gasteiger partial charge on any atom is 0.329 e. The number of pyridine rings is 1. The first-order valence-corrected chi connectivity index (χ1v) is 6.11. The number of halogens is 1. The van der Waals surface area contributed by atoms with Crippen LogP contribution >= 0.6 is 0 Å². The van der Waals surface area contributed by atoms with Gasteiger partial charge in [0.25, 0.3) is 0 Å². The predicted molar refractivity (Wildman–Crippen MR) is 66.2 cm³/mol. The summed E-state index contributed by atoms with van der Waals surface area (Å²) in [5, 5.41) is 8.59. The molecule has 1 aliphatic heterocycles. The number of rotatable bonds is 5. The van der Waals surface area contributed by atoms with Crippen LogP contribution in [0.5, 0.6) is 0 Å². The Morgan fingerprint density at radius 2 is 2.32 bits per heavy atom. The second kappa shape index (κ2) is 5.22. The van der Waals surface area contributed by atoms with Gasteiger partial charge in [0.15, 0.2) is 0 Å². The molecule has 0 aromatic carbocycles. The van der Waals surface area contributed by atoms with Gasteiger partial charge in [-0.25, -0.2) is 9.18 Å². The first-order valence-electron chi connectivity index (χ1n) is 6.11. The highest BCUT2D eigenvalue weighted by molar-refractivity contribution is 5.68. The van der Waals surface area contributed by atoms with Crippen molar-refractivity contribution in [1.29, 1.82) is 0 Å². The molecule has 1 atom stereocenters. The van der Waals surface area contributed by atoms with Crippen LogP contribution < -0.4 is 0 Å². The van der Waals surface area contributed by atoms with E-state index >= 15 is 0 Å². The number of aromatic nitrogens is 1. The Morgan fingerprint density at radius 1 is 1.63 bits per heavy atom. The average Bonchev–Trinajstić information content (AvgIpc) is 2.33. The van der Waals surface area contributed by atoms with Gasteiger partial charge >= 0.3 is 5.97 Å². The number of nitrogens with zero attached hydrogens (tertiary/aromatic N) is 2. The molecule has 5 nitrogen and oxygen atoms in total. The van der Waals surface area contributed by atoms with E-state index in [1.54, 1.807) is 6.07 Å². The van der Waals surface area contributed by atoms with Crippen LogP contribution in [0.1, 0.15) is 25.6 Å². The molecule has 0 spiro atoms. The molecule has 2 heterocycles. The Hall–Kier alpha value is -1.53. The number of hydrogen-bond donors (Lipinski definition) is 1. The molecule has 1 unspecified atom stereocenters. The Balaban J connectivity index is 1.89. The Labute approximate surface area is 111 Å². The second-order valence-electron chi connectivity index (χ2n) is 5.11. The lowest BCUT2D eigenvalue weighted by atomic mass is 9.93. The Bertz CT molecular complexity index is 457. The monoisotopic (exact) mass is 268 g/mol. The molecule has 1 saturated heterocycles. The maximum absolute atomic E-state index is 12.8. The molecule has 0 bridgehead atoms. The van der Waals surface area contributed by atoms with Crippen LogP contribution in [-0.4, -0.2) is 46.3 Å². The van der Waals surface area contributed by atoms with Gasteiger partial charge in [0.2, 0.25) is 0 Å². The van der Waals surface area contributed by atoms with E-state index in [2.05, 4.69) is 9.88 Å². The maximum atomic E-state index is 12.8. The Morgan fingerprint density at radius 3 is 2.84 bits per heavy atom. The summed E-state index contributed by atoms with van der Waals surface area (Å²) in [6.07, 6.45) is 1.20. The molecular weight excluding hydrogens is 251 g/mol. The minimum Gasteiger partial charge on any atom is -0.480 e. The van der Waals surface area contributed by atoms with Crippen LogP contribution in [0.3, 0.4) is 0 Å². The number of ether oxygens (including phenoxy) is 1. The lowest BCUT2D eigenvalue weighted by Gasteiger charge is -2.49. The lowest BCUT2D eigenvalue weighted by Crippen LogP contribution is -2.62. The quantitative estimate of drug-likeness (QED) is 0.876. The van der Waals surface area contributed by atoms with Crippen LogP contribution in [-0.2, 0) is 9.53 Å². The fourth-order valence-electron chi connectivity index (χ4n) is 2.24. The molecule has 1 N–H and O–H groups in total. The minimum atomic E-state index is -0.965. The van der Waals surface area contributed by atoms with E-state index in [0.29, 0.717) is 13.1 Å². The first kappa shape index (κ1) is 13.9. The van der Waals surface area contributed by atoms with Crippen LogP contribution in [0.2, 0.25) is 0 Å². The summed E-state index contributed by atoms with van der Waals surface area (Å²) in [5.41, 5.74) is 0.369. The predicted octanol–water partition coefficient (Wildman–Crippen LogP) is 1.46. The normalized spacial score (nSPS) is 19.7. The van der Waals surface area contributed by atoms with Crippen LogP contribution in [0.15, 0.2) is 18.3 Å². The zero-order valence-corrected chi connectivity index (χ0v) is 11.0. The van der Waals surface area contributed by atoms with Gasteiger partial charge in [0.1, 0.15) is 12.4 Å². The highest BCUT2D eigenvalue weighted by atomic mass is 19.1. The second-order valence-corrected chi connectivity index (χ2v) is 5.11.